The maximum absolute atomic E-state index is 9.45. The zero-order valence-electron chi connectivity index (χ0n) is 12.7. The molecule has 0 heterocycles. The van der Waals surface area contributed by atoms with Crippen LogP contribution in [0.1, 0.15) is 90.4 Å². The van der Waals surface area contributed by atoms with Crippen LogP contribution in [-0.4, -0.2) is 27.7 Å². The van der Waals surface area contributed by atoms with Crippen molar-refractivity contribution in [1.82, 2.24) is 0 Å². The van der Waals surface area contributed by atoms with Gasteiger partial charge in [0.1, 0.15) is 0 Å². The molecule has 116 valence electrons. The Morgan fingerprint density at radius 1 is 0.632 bits per heavy atom. The molecule has 0 aromatic carbocycles. The van der Waals surface area contributed by atoms with Crippen molar-refractivity contribution in [3.8, 4) is 0 Å². The van der Waals surface area contributed by atoms with Crippen LogP contribution in [0.15, 0.2) is 0 Å². The summed E-state index contributed by atoms with van der Waals surface area (Å²) in [4.78, 5) is 0. The fourth-order valence-electron chi connectivity index (χ4n) is 2.38. The first-order valence-corrected chi connectivity index (χ1v) is 8.18. The minimum atomic E-state index is -1.66. The van der Waals surface area contributed by atoms with Crippen molar-refractivity contribution < 1.29 is 15.3 Å². The molecule has 0 unspecified atom stereocenters. The Balaban J connectivity index is 3.14. The summed E-state index contributed by atoms with van der Waals surface area (Å²) >= 11 is 0. The van der Waals surface area contributed by atoms with Gasteiger partial charge in [0, 0.05) is 19.4 Å². The summed E-state index contributed by atoms with van der Waals surface area (Å²) in [5.74, 6) is -1.66. The third kappa shape index (κ3) is 14.1. The van der Waals surface area contributed by atoms with E-state index in [4.69, 9.17) is 5.11 Å². The van der Waals surface area contributed by atoms with E-state index in [-0.39, 0.29) is 13.0 Å². The molecular formula is C16H34O3. The molecule has 0 aliphatic rings. The number of aliphatic hydroxyl groups excluding tert-OH is 1. The number of hydrogen-bond donors (Lipinski definition) is 3. The van der Waals surface area contributed by atoms with Crippen molar-refractivity contribution in [2.45, 2.75) is 96.2 Å². The van der Waals surface area contributed by atoms with Gasteiger partial charge in [-0.15, -0.1) is 0 Å². The zero-order chi connectivity index (χ0) is 14.4. The maximum atomic E-state index is 9.45. The van der Waals surface area contributed by atoms with Crippen LogP contribution in [0.3, 0.4) is 0 Å². The largest absolute Gasteiger partial charge is 0.396 e. The lowest BCUT2D eigenvalue weighted by molar-refractivity contribution is -0.176. The molecule has 0 bridgehead atoms. The molecule has 0 aromatic heterocycles. The van der Waals surface area contributed by atoms with Crippen LogP contribution in [-0.2, 0) is 0 Å². The Labute approximate surface area is 119 Å². The van der Waals surface area contributed by atoms with Gasteiger partial charge in [0.25, 0.3) is 0 Å². The van der Waals surface area contributed by atoms with Gasteiger partial charge in [-0.25, -0.2) is 0 Å². The third-order valence-corrected chi connectivity index (χ3v) is 3.69. The number of aliphatic hydroxyl groups is 3. The maximum Gasteiger partial charge on any atom is 0.164 e. The van der Waals surface area contributed by atoms with Crippen LogP contribution in [0.5, 0.6) is 0 Å². The van der Waals surface area contributed by atoms with Crippen LogP contribution in [0.4, 0.5) is 0 Å². The molecule has 3 heteroatoms. The summed E-state index contributed by atoms with van der Waals surface area (Å²) < 4.78 is 0. The van der Waals surface area contributed by atoms with E-state index in [0.29, 0.717) is 6.42 Å². The van der Waals surface area contributed by atoms with Crippen LogP contribution in [0.2, 0.25) is 0 Å². The molecule has 0 radical (unpaired) electrons. The van der Waals surface area contributed by atoms with Crippen molar-refractivity contribution in [3.63, 3.8) is 0 Å². The van der Waals surface area contributed by atoms with E-state index in [1.54, 1.807) is 0 Å². The van der Waals surface area contributed by atoms with Gasteiger partial charge in [-0.1, -0.05) is 71.1 Å². The molecule has 0 amide bonds. The Morgan fingerprint density at radius 2 is 1.05 bits per heavy atom. The lowest BCUT2D eigenvalue weighted by atomic mass is 10.0. The first-order chi connectivity index (χ1) is 9.12. The second kappa shape index (κ2) is 12.9. The quantitative estimate of drug-likeness (QED) is 0.334. The molecule has 0 saturated heterocycles. The summed E-state index contributed by atoms with van der Waals surface area (Å²) in [6, 6.07) is 0. The summed E-state index contributed by atoms with van der Waals surface area (Å²) in [5.41, 5.74) is 0. The lowest BCUT2D eigenvalue weighted by Gasteiger charge is -2.20. The van der Waals surface area contributed by atoms with Gasteiger partial charge in [-0.05, 0) is 6.42 Å². The van der Waals surface area contributed by atoms with E-state index < -0.39 is 5.79 Å². The van der Waals surface area contributed by atoms with Crippen molar-refractivity contribution in [2.75, 3.05) is 6.61 Å². The molecule has 3 nitrogen and oxygen atoms in total. The van der Waals surface area contributed by atoms with Crippen LogP contribution >= 0.6 is 0 Å². The van der Waals surface area contributed by atoms with Crippen LogP contribution < -0.4 is 0 Å². The SMILES string of the molecule is CCCCCCCCCCCCCC(O)(O)CCO. The average molecular weight is 274 g/mol. The number of hydrogen-bond acceptors (Lipinski definition) is 3. The van der Waals surface area contributed by atoms with Gasteiger partial charge < -0.3 is 15.3 Å². The van der Waals surface area contributed by atoms with E-state index in [0.717, 1.165) is 12.8 Å². The molecule has 0 fully saturated rings. The highest BCUT2D eigenvalue weighted by atomic mass is 16.5. The van der Waals surface area contributed by atoms with E-state index in [2.05, 4.69) is 6.92 Å². The highest BCUT2D eigenvalue weighted by molar-refractivity contribution is 4.63. The van der Waals surface area contributed by atoms with Crippen molar-refractivity contribution >= 4 is 0 Å². The smallest absolute Gasteiger partial charge is 0.164 e. The summed E-state index contributed by atoms with van der Waals surface area (Å²) in [6.07, 6.45) is 14.3. The number of unbranched alkanes of at least 4 members (excludes halogenated alkanes) is 10. The van der Waals surface area contributed by atoms with Gasteiger partial charge in [0.15, 0.2) is 5.79 Å². The molecule has 3 N–H and O–H groups in total. The average Bonchev–Trinajstić information content (AvgIpc) is 2.36. The highest BCUT2D eigenvalue weighted by Crippen LogP contribution is 2.17. The highest BCUT2D eigenvalue weighted by Gasteiger charge is 2.20. The van der Waals surface area contributed by atoms with Crippen LogP contribution in [0.25, 0.3) is 0 Å². The Morgan fingerprint density at radius 3 is 1.47 bits per heavy atom. The molecule has 0 rings (SSSR count). The summed E-state index contributed by atoms with van der Waals surface area (Å²) in [6.45, 7) is 2.08. The van der Waals surface area contributed by atoms with Gasteiger partial charge in [-0.3, -0.25) is 0 Å². The van der Waals surface area contributed by atoms with Crippen molar-refractivity contribution in [2.24, 2.45) is 0 Å². The number of rotatable bonds is 14. The van der Waals surface area contributed by atoms with Crippen molar-refractivity contribution in [1.29, 1.82) is 0 Å². The Kier molecular flexibility index (Phi) is 12.8. The van der Waals surface area contributed by atoms with E-state index in [1.807, 2.05) is 0 Å². The monoisotopic (exact) mass is 274 g/mol. The minimum Gasteiger partial charge on any atom is -0.396 e. The van der Waals surface area contributed by atoms with Gasteiger partial charge in [0.05, 0.1) is 0 Å². The van der Waals surface area contributed by atoms with E-state index in [1.165, 1.54) is 57.8 Å². The minimum absolute atomic E-state index is 0.0603. The summed E-state index contributed by atoms with van der Waals surface area (Å²) in [5, 5.41) is 27.6. The lowest BCUT2D eigenvalue weighted by Crippen LogP contribution is -2.29. The van der Waals surface area contributed by atoms with Gasteiger partial charge in [0.2, 0.25) is 0 Å². The molecular weight excluding hydrogens is 240 g/mol. The third-order valence-electron chi connectivity index (χ3n) is 3.69. The predicted molar refractivity (Wildman–Crippen MR) is 79.9 cm³/mol. The molecule has 0 saturated carbocycles. The van der Waals surface area contributed by atoms with Gasteiger partial charge in [-0.2, -0.15) is 0 Å². The second-order valence-electron chi connectivity index (χ2n) is 5.74. The molecule has 0 aliphatic carbocycles. The fraction of sp³-hybridized carbons (Fsp3) is 1.00. The van der Waals surface area contributed by atoms with Crippen LogP contribution in [0, 0.1) is 0 Å². The predicted octanol–water partition coefficient (Wildman–Crippen LogP) is 3.75. The summed E-state index contributed by atoms with van der Waals surface area (Å²) in [7, 11) is 0. The topological polar surface area (TPSA) is 60.7 Å². The molecule has 19 heavy (non-hydrogen) atoms. The van der Waals surface area contributed by atoms with E-state index >= 15 is 0 Å². The molecule has 0 aliphatic heterocycles. The Bertz CT molecular complexity index is 181. The van der Waals surface area contributed by atoms with Gasteiger partial charge >= 0.3 is 0 Å². The normalized spacial score (nSPS) is 12.0. The standard InChI is InChI=1S/C16H34O3/c1-2-3-4-5-6-7-8-9-10-11-12-13-16(18,19)14-15-17/h17-19H,2-15H2,1H3. The Hall–Kier alpha value is -0.120. The molecule has 0 aromatic rings. The molecule has 0 atom stereocenters. The first-order valence-electron chi connectivity index (χ1n) is 8.18. The second-order valence-corrected chi connectivity index (χ2v) is 5.74. The zero-order valence-corrected chi connectivity index (χ0v) is 12.7. The molecule has 0 spiro atoms. The first kappa shape index (κ1) is 18.9. The van der Waals surface area contributed by atoms with E-state index in [9.17, 15) is 10.2 Å². The van der Waals surface area contributed by atoms with Crippen molar-refractivity contribution in [3.05, 3.63) is 0 Å². The fourth-order valence-corrected chi connectivity index (χ4v) is 2.38.